The van der Waals surface area contributed by atoms with E-state index in [0.717, 1.165) is 0 Å². The number of hydrogen-bond acceptors (Lipinski definition) is 3. The molecule has 0 aromatic heterocycles. The Labute approximate surface area is 65.7 Å². The van der Waals surface area contributed by atoms with Gasteiger partial charge in [-0.25, -0.2) is 0 Å². The van der Waals surface area contributed by atoms with Gasteiger partial charge in [-0.15, -0.1) is 0 Å². The molecule has 0 aromatic rings. The Morgan fingerprint density at radius 2 is 1.91 bits per heavy atom. The van der Waals surface area contributed by atoms with Crippen molar-refractivity contribution in [3.05, 3.63) is 12.2 Å². The fraction of sp³-hybridized carbons (Fsp3) is 0.500. The second-order valence-electron chi connectivity index (χ2n) is 2.39. The molecule has 0 atom stereocenters. The molecule has 0 fully saturated rings. The Morgan fingerprint density at radius 3 is 2.27 bits per heavy atom. The number of rotatable bonds is 5. The maximum Gasteiger partial charge on any atom is 0.161 e. The van der Waals surface area contributed by atoms with Gasteiger partial charge in [0.1, 0.15) is 5.78 Å². The summed E-state index contributed by atoms with van der Waals surface area (Å²) >= 11 is 0. The van der Waals surface area contributed by atoms with Crippen molar-refractivity contribution in [2.24, 2.45) is 0 Å². The summed E-state index contributed by atoms with van der Waals surface area (Å²) in [6, 6.07) is 0. The van der Waals surface area contributed by atoms with Crippen LogP contribution in [0.5, 0.6) is 0 Å². The van der Waals surface area contributed by atoms with Crippen LogP contribution in [0, 0.1) is 0 Å². The Balaban J connectivity index is 3.70. The maximum absolute atomic E-state index is 10.9. The highest BCUT2D eigenvalue weighted by atomic mass is 16.3. The van der Waals surface area contributed by atoms with E-state index in [1.165, 1.54) is 6.92 Å². The molecule has 0 aliphatic carbocycles. The van der Waals surface area contributed by atoms with Crippen LogP contribution in [0.15, 0.2) is 12.2 Å². The smallest absolute Gasteiger partial charge is 0.161 e. The van der Waals surface area contributed by atoms with E-state index < -0.39 is 0 Å². The zero-order valence-corrected chi connectivity index (χ0v) is 6.59. The van der Waals surface area contributed by atoms with Crippen LogP contribution in [0.1, 0.15) is 19.8 Å². The van der Waals surface area contributed by atoms with E-state index in [1.807, 2.05) is 0 Å². The van der Waals surface area contributed by atoms with Crippen molar-refractivity contribution in [3.63, 3.8) is 0 Å². The van der Waals surface area contributed by atoms with Crippen molar-refractivity contribution < 1.29 is 14.7 Å². The second-order valence-corrected chi connectivity index (χ2v) is 2.39. The first-order chi connectivity index (χ1) is 5.07. The Hall–Kier alpha value is -0.960. The van der Waals surface area contributed by atoms with E-state index in [1.54, 1.807) is 0 Å². The number of aliphatic hydroxyl groups excluding tert-OH is 1. The van der Waals surface area contributed by atoms with Gasteiger partial charge in [0.05, 0.1) is 6.61 Å². The average Bonchev–Trinajstić information content (AvgIpc) is 1.98. The first-order valence-electron chi connectivity index (χ1n) is 3.39. The highest BCUT2D eigenvalue weighted by molar-refractivity contribution is 5.96. The largest absolute Gasteiger partial charge is 0.392 e. The summed E-state index contributed by atoms with van der Waals surface area (Å²) in [5.74, 6) is -0.258. The number of hydrogen-bond donors (Lipinski definition) is 1. The van der Waals surface area contributed by atoms with Crippen molar-refractivity contribution in [1.82, 2.24) is 0 Å². The number of carbonyl (C=O) groups is 2. The molecule has 0 unspecified atom stereocenters. The van der Waals surface area contributed by atoms with E-state index in [4.69, 9.17) is 5.11 Å². The summed E-state index contributed by atoms with van der Waals surface area (Å²) in [5.41, 5.74) is 0.172. The van der Waals surface area contributed by atoms with Crippen LogP contribution < -0.4 is 0 Å². The predicted molar refractivity (Wildman–Crippen MR) is 41.1 cm³/mol. The second kappa shape index (κ2) is 4.79. The van der Waals surface area contributed by atoms with Crippen LogP contribution in [0.4, 0.5) is 0 Å². The summed E-state index contributed by atoms with van der Waals surface area (Å²) in [4.78, 5) is 21.3. The highest BCUT2D eigenvalue weighted by Gasteiger charge is 2.06. The molecule has 0 aliphatic rings. The minimum atomic E-state index is -0.323. The normalized spacial score (nSPS) is 9.27. The SMILES string of the molecule is C=C(CO)C(=O)CCC(C)=O. The molecule has 0 bridgehead atoms. The predicted octanol–water partition coefficient (Wildman–Crippen LogP) is 0.473. The quantitative estimate of drug-likeness (QED) is 0.589. The molecule has 0 spiro atoms. The molecule has 0 radical (unpaired) electrons. The third kappa shape index (κ3) is 4.44. The lowest BCUT2D eigenvalue weighted by atomic mass is 10.1. The monoisotopic (exact) mass is 156 g/mol. The number of Topliss-reactive ketones (excluding diaryl/α,β-unsaturated/α-hetero) is 2. The van der Waals surface area contributed by atoms with Crippen LogP contribution in [0.3, 0.4) is 0 Å². The number of aliphatic hydroxyl groups is 1. The van der Waals surface area contributed by atoms with Gasteiger partial charge in [0.2, 0.25) is 0 Å². The lowest BCUT2D eigenvalue weighted by Crippen LogP contribution is -2.06. The molecule has 1 N–H and O–H groups in total. The van der Waals surface area contributed by atoms with Crippen molar-refractivity contribution in [2.45, 2.75) is 19.8 Å². The molecule has 11 heavy (non-hydrogen) atoms. The van der Waals surface area contributed by atoms with Gasteiger partial charge in [-0.2, -0.15) is 0 Å². The Kier molecular flexibility index (Phi) is 4.38. The van der Waals surface area contributed by atoms with Crippen LogP contribution in [0.2, 0.25) is 0 Å². The van der Waals surface area contributed by atoms with Crippen molar-refractivity contribution in [2.75, 3.05) is 6.61 Å². The third-order valence-corrected chi connectivity index (χ3v) is 1.29. The zero-order valence-electron chi connectivity index (χ0n) is 6.59. The highest BCUT2D eigenvalue weighted by Crippen LogP contribution is 1.99. The fourth-order valence-electron chi connectivity index (χ4n) is 0.555. The van der Waals surface area contributed by atoms with E-state index >= 15 is 0 Å². The van der Waals surface area contributed by atoms with Gasteiger partial charge in [-0.05, 0) is 6.92 Å². The number of carbonyl (C=O) groups excluding carboxylic acids is 2. The van der Waals surface area contributed by atoms with E-state index in [0.29, 0.717) is 0 Å². The lowest BCUT2D eigenvalue weighted by molar-refractivity contribution is -0.121. The summed E-state index contributed by atoms with van der Waals surface area (Å²) in [5, 5.41) is 8.47. The third-order valence-electron chi connectivity index (χ3n) is 1.29. The minimum absolute atomic E-state index is 0.0240. The zero-order chi connectivity index (χ0) is 8.85. The minimum Gasteiger partial charge on any atom is -0.392 e. The average molecular weight is 156 g/mol. The molecular formula is C8H12O3. The van der Waals surface area contributed by atoms with Gasteiger partial charge in [-0.1, -0.05) is 6.58 Å². The molecule has 0 aromatic carbocycles. The molecule has 3 nitrogen and oxygen atoms in total. The molecule has 0 saturated carbocycles. The maximum atomic E-state index is 10.9. The van der Waals surface area contributed by atoms with Crippen LogP contribution in [-0.2, 0) is 9.59 Å². The Bertz CT molecular complexity index is 182. The molecule has 3 heteroatoms. The fourth-order valence-corrected chi connectivity index (χ4v) is 0.555. The van der Waals surface area contributed by atoms with Gasteiger partial charge in [0.25, 0.3) is 0 Å². The van der Waals surface area contributed by atoms with E-state index in [9.17, 15) is 9.59 Å². The molecule has 62 valence electrons. The van der Waals surface area contributed by atoms with E-state index in [-0.39, 0.29) is 36.6 Å². The molecule has 0 saturated heterocycles. The van der Waals surface area contributed by atoms with Gasteiger partial charge in [0, 0.05) is 18.4 Å². The van der Waals surface area contributed by atoms with Crippen molar-refractivity contribution in [1.29, 1.82) is 0 Å². The van der Waals surface area contributed by atoms with Gasteiger partial charge >= 0.3 is 0 Å². The summed E-state index contributed by atoms with van der Waals surface area (Å²) in [6.07, 6.45) is 0.395. The first kappa shape index (κ1) is 10.0. The first-order valence-corrected chi connectivity index (χ1v) is 3.39. The van der Waals surface area contributed by atoms with E-state index in [2.05, 4.69) is 6.58 Å². The van der Waals surface area contributed by atoms with Gasteiger partial charge in [0.15, 0.2) is 5.78 Å². The van der Waals surface area contributed by atoms with Crippen molar-refractivity contribution >= 4 is 11.6 Å². The lowest BCUT2D eigenvalue weighted by Gasteiger charge is -1.97. The summed E-state index contributed by atoms with van der Waals surface area (Å²) in [7, 11) is 0. The number of ketones is 2. The van der Waals surface area contributed by atoms with Crippen LogP contribution in [0.25, 0.3) is 0 Å². The summed E-state index contributed by atoms with van der Waals surface area (Å²) < 4.78 is 0. The van der Waals surface area contributed by atoms with Crippen LogP contribution >= 0.6 is 0 Å². The Morgan fingerprint density at radius 1 is 1.36 bits per heavy atom. The van der Waals surface area contributed by atoms with Crippen LogP contribution in [-0.4, -0.2) is 23.3 Å². The van der Waals surface area contributed by atoms with Crippen molar-refractivity contribution in [3.8, 4) is 0 Å². The standard InChI is InChI=1S/C8H12O3/c1-6(5-9)8(11)4-3-7(2)10/h9H,1,3-5H2,2H3. The molecule has 0 amide bonds. The molecular weight excluding hydrogens is 144 g/mol. The van der Waals surface area contributed by atoms with Gasteiger partial charge < -0.3 is 9.90 Å². The molecule has 0 aliphatic heterocycles. The van der Waals surface area contributed by atoms with Gasteiger partial charge in [-0.3, -0.25) is 4.79 Å². The molecule has 0 rings (SSSR count). The topological polar surface area (TPSA) is 54.4 Å². The summed E-state index contributed by atoms with van der Waals surface area (Å²) in [6.45, 7) is 4.44. The molecule has 0 heterocycles.